The first-order valence-corrected chi connectivity index (χ1v) is 13.4. The summed E-state index contributed by atoms with van der Waals surface area (Å²) in [6.07, 6.45) is 12.7. The Morgan fingerprint density at radius 2 is 1.84 bits per heavy atom. The van der Waals surface area contributed by atoms with Gasteiger partial charge in [0.1, 0.15) is 0 Å². The van der Waals surface area contributed by atoms with Gasteiger partial charge in [0.15, 0.2) is 0 Å². The third kappa shape index (κ3) is 3.39. The van der Waals surface area contributed by atoms with E-state index >= 15 is 0 Å². The van der Waals surface area contributed by atoms with Gasteiger partial charge in [-0.3, -0.25) is 0 Å². The Balaban J connectivity index is 1.40. The van der Waals surface area contributed by atoms with Gasteiger partial charge in [0.2, 0.25) is 0 Å². The molecule has 11 atom stereocenters. The smallest absolute Gasteiger partial charge is 0.0579 e. The number of hydrogen-bond acceptors (Lipinski definition) is 3. The van der Waals surface area contributed by atoms with E-state index in [9.17, 15) is 10.2 Å². The number of aliphatic hydroxyl groups excluding tert-OH is 2. The number of piperidine rings is 1. The molecule has 0 aromatic carbocycles. The number of rotatable bonds is 2. The van der Waals surface area contributed by atoms with E-state index in [-0.39, 0.29) is 23.0 Å². The van der Waals surface area contributed by atoms with Crippen LogP contribution in [-0.4, -0.2) is 47.0 Å². The van der Waals surface area contributed by atoms with Gasteiger partial charge in [0.25, 0.3) is 0 Å². The van der Waals surface area contributed by atoms with Crippen LogP contribution in [0.5, 0.6) is 0 Å². The average Bonchev–Trinajstić information content (AvgIpc) is 2.98. The number of likely N-dealkylation sites (tertiary alicyclic amines) is 1. The highest BCUT2D eigenvalue weighted by molar-refractivity contribution is 5.25. The van der Waals surface area contributed by atoms with Crippen LogP contribution in [0.25, 0.3) is 0 Å². The van der Waals surface area contributed by atoms with Crippen LogP contribution in [0.4, 0.5) is 0 Å². The first-order valence-electron chi connectivity index (χ1n) is 13.4. The van der Waals surface area contributed by atoms with Crippen molar-refractivity contribution in [1.29, 1.82) is 0 Å². The lowest BCUT2D eigenvalue weighted by atomic mass is 9.47. The maximum Gasteiger partial charge on any atom is 0.0579 e. The third-order valence-corrected chi connectivity index (χ3v) is 11.5. The van der Waals surface area contributed by atoms with Gasteiger partial charge in [-0.25, -0.2) is 0 Å². The van der Waals surface area contributed by atoms with E-state index in [4.69, 9.17) is 0 Å². The lowest BCUT2D eigenvalue weighted by molar-refractivity contribution is -0.0725. The topological polar surface area (TPSA) is 43.7 Å². The highest BCUT2D eigenvalue weighted by atomic mass is 16.3. The molecular formula is C28H47NO2. The Labute approximate surface area is 190 Å². The Morgan fingerprint density at radius 3 is 2.58 bits per heavy atom. The van der Waals surface area contributed by atoms with Crippen molar-refractivity contribution in [1.82, 2.24) is 4.90 Å². The lowest BCUT2D eigenvalue weighted by Crippen LogP contribution is -2.53. The Morgan fingerprint density at radius 1 is 1.06 bits per heavy atom. The van der Waals surface area contributed by atoms with Crippen LogP contribution in [0.15, 0.2) is 11.6 Å². The second-order valence-corrected chi connectivity index (χ2v) is 13.1. The molecule has 0 bridgehead atoms. The molecule has 0 unspecified atom stereocenters. The summed E-state index contributed by atoms with van der Waals surface area (Å²) in [5.41, 5.74) is 2.12. The van der Waals surface area contributed by atoms with Crippen LogP contribution >= 0.6 is 0 Å². The van der Waals surface area contributed by atoms with Crippen LogP contribution < -0.4 is 0 Å². The summed E-state index contributed by atoms with van der Waals surface area (Å²) in [4.78, 5) is 2.61. The molecule has 3 nitrogen and oxygen atoms in total. The number of allylic oxidation sites excluding steroid dienone is 1. The summed E-state index contributed by atoms with van der Waals surface area (Å²) in [6.45, 7) is 11.1. The van der Waals surface area contributed by atoms with Crippen LogP contribution in [0.2, 0.25) is 0 Å². The van der Waals surface area contributed by atoms with E-state index in [0.717, 1.165) is 43.4 Å². The summed E-state index contributed by atoms with van der Waals surface area (Å²) < 4.78 is 0. The first-order chi connectivity index (χ1) is 14.6. The molecule has 4 aliphatic carbocycles. The molecule has 0 spiro atoms. The van der Waals surface area contributed by atoms with Crippen molar-refractivity contribution in [3.63, 3.8) is 0 Å². The van der Waals surface area contributed by atoms with Crippen molar-refractivity contribution < 1.29 is 10.2 Å². The molecule has 5 aliphatic rings. The van der Waals surface area contributed by atoms with Crippen molar-refractivity contribution in [2.45, 2.75) is 104 Å². The molecule has 4 fully saturated rings. The first kappa shape index (κ1) is 22.4. The quantitative estimate of drug-likeness (QED) is 0.588. The minimum Gasteiger partial charge on any atom is -0.393 e. The molecular weight excluding hydrogens is 382 g/mol. The fourth-order valence-electron chi connectivity index (χ4n) is 9.94. The van der Waals surface area contributed by atoms with Crippen molar-refractivity contribution in [2.24, 2.45) is 46.3 Å². The minimum absolute atomic E-state index is 0.126. The minimum atomic E-state index is -0.136. The van der Waals surface area contributed by atoms with Crippen LogP contribution in [0.3, 0.4) is 0 Å². The molecule has 3 heteroatoms. The summed E-state index contributed by atoms with van der Waals surface area (Å²) in [6, 6.07) is 0.624. The highest BCUT2D eigenvalue weighted by Crippen LogP contribution is 2.67. The van der Waals surface area contributed by atoms with Gasteiger partial charge in [-0.1, -0.05) is 39.3 Å². The van der Waals surface area contributed by atoms with Crippen LogP contribution in [-0.2, 0) is 0 Å². The SMILES string of the molecule is C[C@H]1CC[C@@H]([C@@H](C)[C@H]2[C@@H](O)C[C@H]3[C@@H]4CC=C5C[C@H](O)CC[C@]5(C)[C@H]4CC[C@]23C)N(C)C1. The van der Waals surface area contributed by atoms with Crippen molar-refractivity contribution in [3.05, 3.63) is 11.6 Å². The van der Waals surface area contributed by atoms with E-state index < -0.39 is 0 Å². The predicted molar refractivity (Wildman–Crippen MR) is 127 cm³/mol. The maximum absolute atomic E-state index is 11.5. The van der Waals surface area contributed by atoms with Gasteiger partial charge in [-0.15, -0.1) is 0 Å². The predicted octanol–water partition coefficient (Wildman–Crippen LogP) is 5.26. The number of aliphatic hydroxyl groups is 2. The van der Waals surface area contributed by atoms with E-state index in [0.29, 0.717) is 23.8 Å². The van der Waals surface area contributed by atoms with Gasteiger partial charge < -0.3 is 15.1 Å². The van der Waals surface area contributed by atoms with Gasteiger partial charge in [0, 0.05) is 12.6 Å². The molecule has 2 N–H and O–H groups in total. The fourth-order valence-corrected chi connectivity index (χ4v) is 9.94. The zero-order valence-electron chi connectivity index (χ0n) is 20.7. The molecule has 0 amide bonds. The van der Waals surface area contributed by atoms with Gasteiger partial charge in [-0.2, -0.15) is 0 Å². The zero-order chi connectivity index (χ0) is 22.1. The second kappa shape index (κ2) is 7.84. The molecule has 0 radical (unpaired) electrons. The summed E-state index contributed by atoms with van der Waals surface area (Å²) in [5, 5.41) is 21.7. The maximum atomic E-state index is 11.5. The fraction of sp³-hybridized carbons (Fsp3) is 0.929. The second-order valence-electron chi connectivity index (χ2n) is 13.1. The molecule has 176 valence electrons. The highest BCUT2D eigenvalue weighted by Gasteiger charge is 2.62. The van der Waals surface area contributed by atoms with E-state index in [2.05, 4.69) is 45.7 Å². The van der Waals surface area contributed by atoms with E-state index in [1.54, 1.807) is 5.57 Å². The molecule has 3 saturated carbocycles. The number of fused-ring (bicyclic) bond motifs is 5. The Kier molecular flexibility index (Phi) is 5.67. The Hall–Kier alpha value is -0.380. The summed E-state index contributed by atoms with van der Waals surface area (Å²) in [5.74, 6) is 3.93. The largest absolute Gasteiger partial charge is 0.393 e. The van der Waals surface area contributed by atoms with E-state index in [1.807, 2.05) is 0 Å². The molecule has 0 aromatic rings. The molecule has 1 aliphatic heterocycles. The average molecular weight is 430 g/mol. The lowest BCUT2D eigenvalue weighted by Gasteiger charge is -2.58. The normalized spacial score (nSPS) is 53.8. The molecule has 1 saturated heterocycles. The van der Waals surface area contributed by atoms with Crippen molar-refractivity contribution in [2.75, 3.05) is 13.6 Å². The van der Waals surface area contributed by atoms with Gasteiger partial charge >= 0.3 is 0 Å². The van der Waals surface area contributed by atoms with Gasteiger partial charge in [-0.05, 0) is 111 Å². The molecule has 31 heavy (non-hydrogen) atoms. The number of hydrogen-bond donors (Lipinski definition) is 2. The summed E-state index contributed by atoms with van der Waals surface area (Å²) >= 11 is 0. The molecule has 5 rings (SSSR count). The number of nitrogens with zero attached hydrogens (tertiary/aromatic N) is 1. The van der Waals surface area contributed by atoms with E-state index in [1.165, 1.54) is 38.6 Å². The molecule has 1 heterocycles. The molecule has 0 aromatic heterocycles. The Bertz CT molecular complexity index is 720. The third-order valence-electron chi connectivity index (χ3n) is 11.5. The standard InChI is InChI=1S/C28H47NO2/c1-17-6-9-24(29(5)16-17)18(2)26-25(31)15-23-21-8-7-19-14-20(30)10-12-27(19,3)22(21)11-13-28(23,26)4/h7,17-18,20-26,30-31H,6,8-16H2,1-5H3/t17-,18+,20+,21+,22-,23-,24-,25-,26-,27-,28-/m0/s1. The van der Waals surface area contributed by atoms with Gasteiger partial charge in [0.05, 0.1) is 12.2 Å². The van der Waals surface area contributed by atoms with Crippen LogP contribution in [0.1, 0.15) is 85.5 Å². The van der Waals surface area contributed by atoms with Crippen molar-refractivity contribution in [3.8, 4) is 0 Å². The monoisotopic (exact) mass is 429 g/mol. The summed E-state index contributed by atoms with van der Waals surface area (Å²) in [7, 11) is 2.32. The van der Waals surface area contributed by atoms with Crippen LogP contribution in [0, 0.1) is 46.3 Å². The van der Waals surface area contributed by atoms with Crippen molar-refractivity contribution >= 4 is 0 Å². The zero-order valence-corrected chi connectivity index (χ0v) is 20.7.